The van der Waals surface area contributed by atoms with E-state index in [0.717, 1.165) is 11.1 Å². The van der Waals surface area contributed by atoms with Crippen molar-refractivity contribution in [3.63, 3.8) is 0 Å². The number of carbonyl (C=O) groups excluding carboxylic acids is 2. The van der Waals surface area contributed by atoms with Gasteiger partial charge in [-0.05, 0) is 49.2 Å². The first kappa shape index (κ1) is 17.5. The Kier molecular flexibility index (Phi) is 6.32. The Bertz CT molecular complexity index is 683. The van der Waals surface area contributed by atoms with Gasteiger partial charge in [0.05, 0.1) is 24.3 Å². The number of hydrogen-bond acceptors (Lipinski definition) is 4. The molecule has 0 bridgehead atoms. The summed E-state index contributed by atoms with van der Waals surface area (Å²) in [6.07, 6.45) is 3.76. The third-order valence-corrected chi connectivity index (χ3v) is 3.26. The van der Waals surface area contributed by atoms with Crippen molar-refractivity contribution < 1.29 is 19.1 Å². The van der Waals surface area contributed by atoms with Crippen molar-refractivity contribution in [1.82, 2.24) is 0 Å². The third kappa shape index (κ3) is 4.81. The maximum Gasteiger partial charge on any atom is 0.338 e. The zero-order chi connectivity index (χ0) is 17.4. The second-order valence-corrected chi connectivity index (χ2v) is 5.03. The van der Waals surface area contributed by atoms with Gasteiger partial charge in [-0.15, -0.1) is 0 Å². The van der Waals surface area contributed by atoms with Crippen LogP contribution in [-0.4, -0.2) is 25.2 Å². The number of esters is 2. The second kappa shape index (κ2) is 8.67. The molecular formula is C20H20O4. The van der Waals surface area contributed by atoms with E-state index in [-0.39, 0.29) is 11.9 Å². The van der Waals surface area contributed by atoms with E-state index in [0.29, 0.717) is 24.3 Å². The van der Waals surface area contributed by atoms with Crippen LogP contribution in [0.2, 0.25) is 0 Å². The van der Waals surface area contributed by atoms with Gasteiger partial charge in [0.1, 0.15) is 0 Å². The Morgan fingerprint density at radius 3 is 1.58 bits per heavy atom. The molecular weight excluding hydrogens is 304 g/mol. The zero-order valence-corrected chi connectivity index (χ0v) is 13.8. The van der Waals surface area contributed by atoms with Gasteiger partial charge in [0.25, 0.3) is 0 Å². The van der Waals surface area contributed by atoms with E-state index in [2.05, 4.69) is 0 Å². The lowest BCUT2D eigenvalue weighted by molar-refractivity contribution is 0.0516. The van der Waals surface area contributed by atoms with Crippen LogP contribution in [0.3, 0.4) is 0 Å². The summed E-state index contributed by atoms with van der Waals surface area (Å²) >= 11 is 0. The van der Waals surface area contributed by atoms with E-state index in [1.165, 1.54) is 0 Å². The standard InChI is InChI=1S/C20H20O4/c1-3-23-19(21)17-9-5-7-15(13-17)11-12-16-8-6-10-18(14-16)20(22)24-4-2/h5-14H,3-4H2,1-2H3/b12-11+. The van der Waals surface area contributed by atoms with Gasteiger partial charge in [0.2, 0.25) is 0 Å². The van der Waals surface area contributed by atoms with Crippen LogP contribution < -0.4 is 0 Å². The Morgan fingerprint density at radius 1 is 0.792 bits per heavy atom. The normalized spacial score (nSPS) is 10.6. The van der Waals surface area contributed by atoms with Crippen LogP contribution in [0.15, 0.2) is 48.5 Å². The fraction of sp³-hybridized carbons (Fsp3) is 0.200. The summed E-state index contributed by atoms with van der Waals surface area (Å²) in [6.45, 7) is 4.25. The van der Waals surface area contributed by atoms with Crippen LogP contribution in [0.1, 0.15) is 45.7 Å². The second-order valence-electron chi connectivity index (χ2n) is 5.03. The molecule has 2 aromatic carbocycles. The minimum atomic E-state index is -0.336. The summed E-state index contributed by atoms with van der Waals surface area (Å²) in [4.78, 5) is 23.5. The third-order valence-electron chi connectivity index (χ3n) is 3.26. The molecule has 0 saturated heterocycles. The number of ether oxygens (including phenoxy) is 2. The van der Waals surface area contributed by atoms with Crippen LogP contribution in [-0.2, 0) is 9.47 Å². The largest absolute Gasteiger partial charge is 0.462 e. The van der Waals surface area contributed by atoms with Gasteiger partial charge in [0.15, 0.2) is 0 Å². The summed E-state index contributed by atoms with van der Waals surface area (Å²) < 4.78 is 9.99. The zero-order valence-electron chi connectivity index (χ0n) is 13.8. The molecule has 0 aliphatic heterocycles. The van der Waals surface area contributed by atoms with E-state index in [1.807, 2.05) is 24.3 Å². The molecule has 0 aliphatic rings. The van der Waals surface area contributed by atoms with Gasteiger partial charge >= 0.3 is 11.9 Å². The van der Waals surface area contributed by atoms with Crippen LogP contribution >= 0.6 is 0 Å². The lowest BCUT2D eigenvalue weighted by Gasteiger charge is -2.03. The van der Waals surface area contributed by atoms with Crippen molar-refractivity contribution in [2.45, 2.75) is 13.8 Å². The highest BCUT2D eigenvalue weighted by Gasteiger charge is 2.07. The molecule has 0 amide bonds. The van der Waals surface area contributed by atoms with Crippen molar-refractivity contribution >= 4 is 24.1 Å². The summed E-state index contributed by atoms with van der Waals surface area (Å²) in [6, 6.07) is 14.4. The van der Waals surface area contributed by atoms with Crippen LogP contribution in [0.25, 0.3) is 12.2 Å². The first-order valence-electron chi connectivity index (χ1n) is 7.86. The highest BCUT2D eigenvalue weighted by Crippen LogP contribution is 2.13. The average molecular weight is 324 g/mol. The molecule has 124 valence electrons. The molecule has 0 spiro atoms. The topological polar surface area (TPSA) is 52.6 Å². The Hall–Kier alpha value is -2.88. The molecule has 0 aromatic heterocycles. The van der Waals surface area contributed by atoms with Gasteiger partial charge in [0, 0.05) is 0 Å². The number of benzene rings is 2. The SMILES string of the molecule is CCOC(=O)c1cccc(/C=C/c2cccc(C(=O)OCC)c2)c1. The molecule has 0 heterocycles. The van der Waals surface area contributed by atoms with E-state index in [4.69, 9.17) is 9.47 Å². The molecule has 0 atom stereocenters. The van der Waals surface area contributed by atoms with Crippen molar-refractivity contribution in [2.75, 3.05) is 13.2 Å². The average Bonchev–Trinajstić information content (AvgIpc) is 2.61. The fourth-order valence-electron chi connectivity index (χ4n) is 2.16. The molecule has 0 saturated carbocycles. The lowest BCUT2D eigenvalue weighted by atomic mass is 10.1. The molecule has 0 fully saturated rings. The highest BCUT2D eigenvalue weighted by atomic mass is 16.5. The Labute approximate surface area is 141 Å². The highest BCUT2D eigenvalue weighted by molar-refractivity contribution is 5.91. The lowest BCUT2D eigenvalue weighted by Crippen LogP contribution is -2.04. The van der Waals surface area contributed by atoms with E-state index >= 15 is 0 Å². The molecule has 0 aliphatic carbocycles. The molecule has 4 heteroatoms. The van der Waals surface area contributed by atoms with Crippen LogP contribution in [0.4, 0.5) is 0 Å². The van der Waals surface area contributed by atoms with Crippen molar-refractivity contribution in [3.05, 3.63) is 70.8 Å². The summed E-state index contributed by atoms with van der Waals surface area (Å²) in [5.41, 5.74) is 2.78. The number of carbonyl (C=O) groups is 2. The van der Waals surface area contributed by atoms with Gasteiger partial charge in [-0.1, -0.05) is 36.4 Å². The Morgan fingerprint density at radius 2 is 1.21 bits per heavy atom. The first-order valence-corrected chi connectivity index (χ1v) is 7.86. The van der Waals surface area contributed by atoms with Gasteiger partial charge < -0.3 is 9.47 Å². The van der Waals surface area contributed by atoms with Crippen LogP contribution in [0, 0.1) is 0 Å². The monoisotopic (exact) mass is 324 g/mol. The summed E-state index contributed by atoms with van der Waals surface area (Å²) in [7, 11) is 0. The summed E-state index contributed by atoms with van der Waals surface area (Å²) in [5.74, 6) is -0.672. The first-order chi connectivity index (χ1) is 11.6. The van der Waals surface area contributed by atoms with Gasteiger partial charge in [-0.25, -0.2) is 9.59 Å². The van der Waals surface area contributed by atoms with Crippen molar-refractivity contribution in [1.29, 1.82) is 0 Å². The van der Waals surface area contributed by atoms with E-state index in [9.17, 15) is 9.59 Å². The van der Waals surface area contributed by atoms with Gasteiger partial charge in [-0.3, -0.25) is 0 Å². The molecule has 24 heavy (non-hydrogen) atoms. The predicted octanol–water partition coefficient (Wildman–Crippen LogP) is 4.21. The number of hydrogen-bond donors (Lipinski definition) is 0. The number of rotatable bonds is 6. The molecule has 0 radical (unpaired) electrons. The quantitative estimate of drug-likeness (QED) is 0.590. The molecule has 0 unspecified atom stereocenters. The molecule has 0 N–H and O–H groups in total. The maximum atomic E-state index is 11.8. The van der Waals surface area contributed by atoms with Crippen molar-refractivity contribution in [3.8, 4) is 0 Å². The van der Waals surface area contributed by atoms with Gasteiger partial charge in [-0.2, -0.15) is 0 Å². The fourth-order valence-corrected chi connectivity index (χ4v) is 2.16. The molecule has 2 rings (SSSR count). The Balaban J connectivity index is 2.16. The predicted molar refractivity (Wildman–Crippen MR) is 93.7 cm³/mol. The van der Waals surface area contributed by atoms with E-state index < -0.39 is 0 Å². The maximum absolute atomic E-state index is 11.8. The molecule has 4 nitrogen and oxygen atoms in total. The van der Waals surface area contributed by atoms with Crippen molar-refractivity contribution in [2.24, 2.45) is 0 Å². The minimum Gasteiger partial charge on any atom is -0.462 e. The smallest absolute Gasteiger partial charge is 0.338 e. The minimum absolute atomic E-state index is 0.336. The molecule has 2 aromatic rings. The summed E-state index contributed by atoms with van der Waals surface area (Å²) in [5, 5.41) is 0. The van der Waals surface area contributed by atoms with Crippen LogP contribution in [0.5, 0.6) is 0 Å². The van der Waals surface area contributed by atoms with E-state index in [1.54, 1.807) is 50.2 Å².